The van der Waals surface area contributed by atoms with Gasteiger partial charge in [-0.1, -0.05) is 12.8 Å². The van der Waals surface area contributed by atoms with Gasteiger partial charge in [0.2, 0.25) is 0 Å². The number of rotatable bonds is 4. The van der Waals surface area contributed by atoms with Crippen LogP contribution in [0.3, 0.4) is 0 Å². The van der Waals surface area contributed by atoms with Gasteiger partial charge in [0.25, 0.3) is 5.56 Å². The Morgan fingerprint density at radius 1 is 1.25 bits per heavy atom. The summed E-state index contributed by atoms with van der Waals surface area (Å²) in [5, 5.41) is 8.83. The minimum atomic E-state index is -0.836. The fourth-order valence-corrected chi connectivity index (χ4v) is 3.70. The Morgan fingerprint density at radius 2 is 2.00 bits per heavy atom. The van der Waals surface area contributed by atoms with Gasteiger partial charge in [0, 0.05) is 23.7 Å². The van der Waals surface area contributed by atoms with E-state index in [1.807, 2.05) is 10.6 Å². The Hall–Kier alpha value is -1.58. The van der Waals surface area contributed by atoms with Crippen LogP contribution in [0, 0.1) is 0 Å². The predicted octanol–water partition coefficient (Wildman–Crippen LogP) is 2.47. The molecule has 1 fully saturated rings. The minimum Gasteiger partial charge on any atom is -0.481 e. The molecule has 20 heavy (non-hydrogen) atoms. The van der Waals surface area contributed by atoms with E-state index >= 15 is 0 Å². The van der Waals surface area contributed by atoms with Crippen LogP contribution < -0.4 is 5.56 Å². The van der Waals surface area contributed by atoms with Crippen LogP contribution in [-0.4, -0.2) is 15.6 Å². The predicted molar refractivity (Wildman–Crippen MR) is 76.2 cm³/mol. The van der Waals surface area contributed by atoms with Crippen LogP contribution in [0.5, 0.6) is 0 Å². The van der Waals surface area contributed by atoms with Gasteiger partial charge < -0.3 is 9.67 Å². The van der Waals surface area contributed by atoms with E-state index in [1.165, 1.54) is 24.1 Å². The molecule has 0 radical (unpaired) electrons. The molecule has 1 N–H and O–H groups in total. The van der Waals surface area contributed by atoms with Crippen LogP contribution in [0.4, 0.5) is 0 Å². The number of hydrogen-bond acceptors (Lipinski definition) is 2. The molecule has 0 bridgehead atoms. The summed E-state index contributed by atoms with van der Waals surface area (Å²) in [4.78, 5) is 23.4. The number of carboxylic acid groups (broad SMARTS) is 1. The molecule has 108 valence electrons. The second-order valence-corrected chi connectivity index (χ2v) is 6.00. The zero-order valence-electron chi connectivity index (χ0n) is 11.7. The Labute approximate surface area is 118 Å². The number of carbonyl (C=O) groups is 1. The third kappa shape index (κ3) is 2.39. The van der Waals surface area contributed by atoms with Crippen LogP contribution in [0.15, 0.2) is 10.9 Å². The third-order valence-electron chi connectivity index (χ3n) is 4.66. The summed E-state index contributed by atoms with van der Waals surface area (Å²) in [5.41, 5.74) is 3.26. The molecule has 0 aromatic carbocycles. The summed E-state index contributed by atoms with van der Waals surface area (Å²) in [6.07, 6.45) is 8.12. The molecule has 1 saturated carbocycles. The van der Waals surface area contributed by atoms with Crippen molar-refractivity contribution in [3.05, 3.63) is 33.2 Å². The highest BCUT2D eigenvalue weighted by Crippen LogP contribution is 2.32. The average molecular weight is 275 g/mol. The zero-order valence-corrected chi connectivity index (χ0v) is 11.7. The van der Waals surface area contributed by atoms with Gasteiger partial charge in [-0.15, -0.1) is 0 Å². The first-order valence-electron chi connectivity index (χ1n) is 7.65. The molecule has 1 aromatic rings. The summed E-state index contributed by atoms with van der Waals surface area (Å²) in [6.45, 7) is 0. The Kier molecular flexibility index (Phi) is 3.64. The monoisotopic (exact) mass is 275 g/mol. The molecule has 0 atom stereocenters. The Balaban J connectivity index is 2.02. The Morgan fingerprint density at radius 3 is 2.70 bits per heavy atom. The lowest BCUT2D eigenvalue weighted by Crippen LogP contribution is -2.30. The minimum absolute atomic E-state index is 0.0404. The molecule has 0 saturated heterocycles. The first-order valence-corrected chi connectivity index (χ1v) is 7.65. The van der Waals surface area contributed by atoms with E-state index < -0.39 is 5.97 Å². The number of nitrogens with zero attached hydrogens (tertiary/aromatic N) is 1. The molecule has 0 aliphatic heterocycles. The number of carboxylic acids is 1. The van der Waals surface area contributed by atoms with Crippen LogP contribution in [0.2, 0.25) is 0 Å². The number of fused-ring (bicyclic) bond motifs is 1. The van der Waals surface area contributed by atoms with Crippen LogP contribution >= 0.6 is 0 Å². The van der Waals surface area contributed by atoms with E-state index in [-0.39, 0.29) is 12.0 Å². The Bertz CT molecular complexity index is 582. The van der Waals surface area contributed by atoms with Gasteiger partial charge in [0.1, 0.15) is 0 Å². The molecule has 0 unspecified atom stereocenters. The molecule has 0 amide bonds. The maximum absolute atomic E-state index is 12.7. The maximum Gasteiger partial charge on any atom is 0.303 e. The van der Waals surface area contributed by atoms with Gasteiger partial charge in [-0.2, -0.15) is 0 Å². The van der Waals surface area contributed by atoms with E-state index in [4.69, 9.17) is 5.11 Å². The smallest absolute Gasteiger partial charge is 0.303 e. The number of aliphatic carboxylic acids is 1. The van der Waals surface area contributed by atoms with Gasteiger partial charge >= 0.3 is 5.97 Å². The average Bonchev–Trinajstić information content (AvgIpc) is 3.06. The molecule has 3 rings (SSSR count). The van der Waals surface area contributed by atoms with E-state index in [1.54, 1.807) is 0 Å². The standard InChI is InChI=1S/C16H21NO3/c18-15(19)9-8-12-10-11-4-3-7-14(11)17(16(12)20)13-5-1-2-6-13/h10,13H,1-9H2,(H,18,19). The van der Waals surface area contributed by atoms with E-state index in [0.29, 0.717) is 18.0 Å². The summed E-state index contributed by atoms with van der Waals surface area (Å²) < 4.78 is 2.02. The lowest BCUT2D eigenvalue weighted by molar-refractivity contribution is -0.136. The highest BCUT2D eigenvalue weighted by Gasteiger charge is 2.25. The van der Waals surface area contributed by atoms with Crippen molar-refractivity contribution in [1.29, 1.82) is 0 Å². The normalized spacial score (nSPS) is 18.4. The molecule has 4 nitrogen and oxygen atoms in total. The lowest BCUT2D eigenvalue weighted by Gasteiger charge is -2.20. The molecule has 1 heterocycles. The van der Waals surface area contributed by atoms with Gasteiger partial charge in [0.05, 0.1) is 0 Å². The van der Waals surface area contributed by atoms with Crippen molar-refractivity contribution in [2.24, 2.45) is 0 Å². The largest absolute Gasteiger partial charge is 0.481 e. The molecule has 2 aliphatic rings. The van der Waals surface area contributed by atoms with Gasteiger partial charge in [0.15, 0.2) is 0 Å². The fraction of sp³-hybridized carbons (Fsp3) is 0.625. The maximum atomic E-state index is 12.7. The summed E-state index contributed by atoms with van der Waals surface area (Å²) in [7, 11) is 0. The fourth-order valence-electron chi connectivity index (χ4n) is 3.70. The zero-order chi connectivity index (χ0) is 14.1. The number of aryl methyl sites for hydroxylation is 2. The van der Waals surface area contributed by atoms with Crippen molar-refractivity contribution in [3.63, 3.8) is 0 Å². The highest BCUT2D eigenvalue weighted by atomic mass is 16.4. The molecular weight excluding hydrogens is 254 g/mol. The van der Waals surface area contributed by atoms with Gasteiger partial charge in [-0.3, -0.25) is 9.59 Å². The molecule has 4 heteroatoms. The topological polar surface area (TPSA) is 59.3 Å². The SMILES string of the molecule is O=C(O)CCc1cc2c(n(C3CCCC3)c1=O)CCC2. The number of hydrogen-bond donors (Lipinski definition) is 1. The summed E-state index contributed by atoms with van der Waals surface area (Å²) >= 11 is 0. The summed E-state index contributed by atoms with van der Waals surface area (Å²) in [6, 6.07) is 2.32. The lowest BCUT2D eigenvalue weighted by atomic mass is 10.1. The number of pyridine rings is 1. The summed E-state index contributed by atoms with van der Waals surface area (Å²) in [5.74, 6) is -0.836. The third-order valence-corrected chi connectivity index (χ3v) is 4.66. The first kappa shape index (κ1) is 13.4. The quantitative estimate of drug-likeness (QED) is 0.918. The molecular formula is C16H21NO3. The highest BCUT2D eigenvalue weighted by molar-refractivity contribution is 5.67. The second-order valence-electron chi connectivity index (χ2n) is 6.00. The van der Waals surface area contributed by atoms with Crippen molar-refractivity contribution in [2.45, 2.75) is 63.8 Å². The van der Waals surface area contributed by atoms with E-state index in [9.17, 15) is 9.59 Å². The first-order chi connectivity index (χ1) is 9.66. The van der Waals surface area contributed by atoms with Gasteiger partial charge in [-0.25, -0.2) is 0 Å². The number of aromatic nitrogens is 1. The molecule has 1 aromatic heterocycles. The van der Waals surface area contributed by atoms with E-state index in [2.05, 4.69) is 0 Å². The van der Waals surface area contributed by atoms with Crippen molar-refractivity contribution >= 4 is 5.97 Å². The molecule has 2 aliphatic carbocycles. The molecule has 0 spiro atoms. The van der Waals surface area contributed by atoms with Crippen LogP contribution in [0.1, 0.15) is 61.4 Å². The van der Waals surface area contributed by atoms with Crippen LogP contribution in [-0.2, 0) is 24.1 Å². The van der Waals surface area contributed by atoms with Crippen molar-refractivity contribution in [1.82, 2.24) is 4.57 Å². The van der Waals surface area contributed by atoms with Crippen molar-refractivity contribution in [2.75, 3.05) is 0 Å². The van der Waals surface area contributed by atoms with Gasteiger partial charge in [-0.05, 0) is 50.2 Å². The second kappa shape index (κ2) is 5.43. The van der Waals surface area contributed by atoms with E-state index in [0.717, 1.165) is 32.1 Å². The van der Waals surface area contributed by atoms with Crippen molar-refractivity contribution < 1.29 is 9.90 Å². The van der Waals surface area contributed by atoms with Crippen molar-refractivity contribution in [3.8, 4) is 0 Å². The van der Waals surface area contributed by atoms with Crippen LogP contribution in [0.25, 0.3) is 0 Å².